The van der Waals surface area contributed by atoms with Gasteiger partial charge in [0.15, 0.2) is 14.6 Å². The molecule has 2 bridgehead atoms. The molecule has 0 amide bonds. The Balaban J connectivity index is 2.04. The summed E-state index contributed by atoms with van der Waals surface area (Å²) < 4.78 is 86.3. The maximum atomic E-state index is 13.0. The van der Waals surface area contributed by atoms with Gasteiger partial charge < -0.3 is 18.1 Å². The number of ether oxygens (including phenoxy) is 2. The number of allylic oxidation sites excluding steroid dienone is 1. The van der Waals surface area contributed by atoms with E-state index in [1.54, 1.807) is 6.92 Å². The third-order valence-electron chi connectivity index (χ3n) is 6.94. The number of hydrogen-bond acceptors (Lipinski definition) is 6. The van der Waals surface area contributed by atoms with E-state index in [2.05, 4.69) is 40.9 Å². The molecule has 1 aliphatic carbocycles. The highest BCUT2D eigenvalue weighted by Crippen LogP contribution is 2.62. The fourth-order valence-corrected chi connectivity index (χ4v) is 9.20. The van der Waals surface area contributed by atoms with E-state index in [1.165, 1.54) is 6.08 Å². The van der Waals surface area contributed by atoms with Gasteiger partial charge >= 0.3 is 15.6 Å². The largest absolute Gasteiger partial charge is 0.534 e. The summed E-state index contributed by atoms with van der Waals surface area (Å²) in [6.07, 6.45) is 0.659. The highest BCUT2D eigenvalue weighted by Gasteiger charge is 2.72. The van der Waals surface area contributed by atoms with Crippen LogP contribution in [-0.2, 0) is 28.2 Å². The summed E-state index contributed by atoms with van der Waals surface area (Å²) in [5, 5.41) is 0. The highest BCUT2D eigenvalue weighted by molar-refractivity contribution is 9.09. The summed E-state index contributed by atoms with van der Waals surface area (Å²) in [5.74, 6) is -0.256. The minimum atomic E-state index is -5.80. The van der Waals surface area contributed by atoms with Crippen molar-refractivity contribution >= 4 is 34.4 Å². The second-order valence-corrected chi connectivity index (χ2v) is 15.7. The van der Waals surface area contributed by atoms with Crippen LogP contribution in [0.15, 0.2) is 11.8 Å². The Bertz CT molecular complexity index is 794. The van der Waals surface area contributed by atoms with Crippen molar-refractivity contribution in [1.29, 1.82) is 0 Å². The zero-order valence-electron chi connectivity index (χ0n) is 17.4. The van der Waals surface area contributed by atoms with Crippen molar-refractivity contribution in [3.05, 3.63) is 11.8 Å². The van der Waals surface area contributed by atoms with E-state index >= 15 is 0 Å². The van der Waals surface area contributed by atoms with E-state index in [0.29, 0.717) is 0 Å². The fraction of sp³-hybridized carbons (Fsp3) is 0.889. The zero-order valence-corrected chi connectivity index (χ0v) is 20.8. The van der Waals surface area contributed by atoms with Crippen molar-refractivity contribution in [1.82, 2.24) is 0 Å². The predicted octanol–water partition coefficient (Wildman–Crippen LogP) is 4.82. The Labute approximate surface area is 184 Å². The molecule has 174 valence electrons. The summed E-state index contributed by atoms with van der Waals surface area (Å²) in [6, 6.07) is 2.56. The van der Waals surface area contributed by atoms with Gasteiger partial charge in [0, 0.05) is 0 Å². The first-order valence-corrected chi connectivity index (χ1v) is 15.0. The number of alkyl halides is 4. The first kappa shape index (κ1) is 24.5. The number of rotatable bonds is 7. The lowest BCUT2D eigenvalue weighted by Gasteiger charge is -2.54. The smallest absolute Gasteiger partial charge is 0.390 e. The molecule has 0 saturated carbocycles. The fourth-order valence-electron chi connectivity index (χ4n) is 4.90. The van der Waals surface area contributed by atoms with Crippen LogP contribution in [0.3, 0.4) is 0 Å². The molecule has 0 aromatic heterocycles. The summed E-state index contributed by atoms with van der Waals surface area (Å²) in [7, 11) is -7.97. The van der Waals surface area contributed by atoms with Crippen molar-refractivity contribution in [3.8, 4) is 0 Å². The maximum Gasteiger partial charge on any atom is 0.534 e. The third-order valence-corrected chi connectivity index (χ3v) is 13.5. The second-order valence-electron chi connectivity index (χ2n) is 8.35. The molecule has 2 saturated heterocycles. The summed E-state index contributed by atoms with van der Waals surface area (Å²) in [4.78, 5) is -0.344. The lowest BCUT2D eigenvalue weighted by Crippen LogP contribution is -2.66. The van der Waals surface area contributed by atoms with Crippen LogP contribution in [0.25, 0.3) is 0 Å². The Morgan fingerprint density at radius 3 is 2.40 bits per heavy atom. The molecule has 0 aromatic carbocycles. The Kier molecular flexibility index (Phi) is 6.55. The highest BCUT2D eigenvalue weighted by atomic mass is 79.9. The van der Waals surface area contributed by atoms with Gasteiger partial charge in [-0.2, -0.15) is 21.6 Å². The standard InChI is InChI=1S/C18H28BrF3O6SSi/c1-5-30(6-2,7-3)28-15-17-13(19)8-9-14(27-29(23,24)18(20,21)22)16(17,4)10-12(26-17)11-25-15/h9,12-13,15H,5-8,10-11H2,1-4H3/t12-,13-,15+,16-,17-/m1/s1. The molecule has 0 unspecified atom stereocenters. The maximum absolute atomic E-state index is 13.0. The number of halogens is 4. The monoisotopic (exact) mass is 536 g/mol. The summed E-state index contributed by atoms with van der Waals surface area (Å²) in [5.41, 5.74) is -7.88. The molecule has 5 atom stereocenters. The van der Waals surface area contributed by atoms with E-state index in [0.717, 1.165) is 18.1 Å². The van der Waals surface area contributed by atoms with Crippen LogP contribution < -0.4 is 0 Å². The van der Waals surface area contributed by atoms with Crippen LogP contribution in [0.1, 0.15) is 40.5 Å². The van der Waals surface area contributed by atoms with E-state index in [-0.39, 0.29) is 30.0 Å². The minimum absolute atomic E-state index is 0.215. The van der Waals surface area contributed by atoms with Gasteiger partial charge in [-0.1, -0.05) is 36.7 Å². The molecule has 1 spiro atoms. The SMILES string of the molecule is CC[Si](CC)(CC)O[C@@H]1OC[C@H]2C[C@]3(C)C(OS(=O)(=O)C(F)(F)F)=CC[C@@H](Br)[C@@]13O2. The van der Waals surface area contributed by atoms with Gasteiger partial charge in [0.2, 0.25) is 0 Å². The van der Waals surface area contributed by atoms with Gasteiger partial charge in [-0.15, -0.1) is 0 Å². The average Bonchev–Trinajstić information content (AvgIpc) is 2.93. The van der Waals surface area contributed by atoms with Gasteiger partial charge in [-0.25, -0.2) is 0 Å². The van der Waals surface area contributed by atoms with E-state index in [4.69, 9.17) is 13.9 Å². The van der Waals surface area contributed by atoms with Crippen molar-refractivity contribution in [2.24, 2.45) is 5.41 Å². The average molecular weight is 537 g/mol. The van der Waals surface area contributed by atoms with Crippen LogP contribution >= 0.6 is 15.9 Å². The molecule has 12 heteroatoms. The molecule has 0 N–H and O–H groups in total. The first-order chi connectivity index (χ1) is 13.8. The first-order valence-electron chi connectivity index (χ1n) is 10.1. The molecule has 30 heavy (non-hydrogen) atoms. The van der Waals surface area contributed by atoms with Gasteiger partial charge in [-0.05, 0) is 44.0 Å². The lowest BCUT2D eigenvalue weighted by atomic mass is 9.65. The number of fused-ring (bicyclic) bond motifs is 1. The predicted molar refractivity (Wildman–Crippen MR) is 110 cm³/mol. The van der Waals surface area contributed by atoms with Crippen molar-refractivity contribution in [2.45, 2.75) is 87.0 Å². The third kappa shape index (κ3) is 3.59. The molecular weight excluding hydrogens is 509 g/mol. The minimum Gasteiger partial charge on any atom is -0.390 e. The van der Waals surface area contributed by atoms with Crippen molar-refractivity contribution in [3.63, 3.8) is 0 Å². The van der Waals surface area contributed by atoms with Crippen molar-refractivity contribution in [2.75, 3.05) is 6.61 Å². The Hall–Kier alpha value is -0.143. The normalized spacial score (nSPS) is 36.9. The van der Waals surface area contributed by atoms with Crippen LogP contribution in [0.4, 0.5) is 13.2 Å². The van der Waals surface area contributed by atoms with E-state index in [9.17, 15) is 21.6 Å². The molecule has 2 aliphatic heterocycles. The van der Waals surface area contributed by atoms with Crippen LogP contribution in [0.5, 0.6) is 0 Å². The zero-order chi connectivity index (χ0) is 22.6. The molecule has 0 radical (unpaired) electrons. The molecule has 0 aromatic rings. The lowest BCUT2D eigenvalue weighted by molar-refractivity contribution is -0.287. The molecule has 3 aliphatic rings. The quantitative estimate of drug-likeness (QED) is 0.201. The topological polar surface area (TPSA) is 71.1 Å². The number of hydrogen-bond donors (Lipinski definition) is 0. The molecule has 2 fully saturated rings. The van der Waals surface area contributed by atoms with Crippen LogP contribution in [-0.4, -0.2) is 51.7 Å². The molecular formula is C18H28BrF3O6SSi. The van der Waals surface area contributed by atoms with E-state index < -0.39 is 47.4 Å². The van der Waals surface area contributed by atoms with E-state index in [1.807, 2.05) is 0 Å². The van der Waals surface area contributed by atoms with Gasteiger partial charge in [0.05, 0.1) is 23.0 Å². The molecule has 3 rings (SSSR count). The van der Waals surface area contributed by atoms with Crippen molar-refractivity contribution < 1.29 is 39.7 Å². The second kappa shape index (κ2) is 8.02. The Morgan fingerprint density at radius 2 is 1.87 bits per heavy atom. The van der Waals surface area contributed by atoms with Gasteiger partial charge in [0.25, 0.3) is 0 Å². The Morgan fingerprint density at radius 1 is 1.27 bits per heavy atom. The van der Waals surface area contributed by atoms with Crippen LogP contribution in [0.2, 0.25) is 18.1 Å². The van der Waals surface area contributed by atoms with Crippen LogP contribution in [0, 0.1) is 5.41 Å². The van der Waals surface area contributed by atoms with Gasteiger partial charge in [-0.3, -0.25) is 0 Å². The molecule has 6 nitrogen and oxygen atoms in total. The summed E-state index contributed by atoms with van der Waals surface area (Å²) in [6.45, 7) is 8.09. The molecule has 2 heterocycles. The van der Waals surface area contributed by atoms with Gasteiger partial charge in [0.1, 0.15) is 11.4 Å². The summed E-state index contributed by atoms with van der Waals surface area (Å²) >= 11 is 3.63.